The summed E-state index contributed by atoms with van der Waals surface area (Å²) in [4.78, 5) is 27.6. The molecule has 0 radical (unpaired) electrons. The van der Waals surface area contributed by atoms with Gasteiger partial charge in [0.15, 0.2) is 6.61 Å². The molecule has 0 bridgehead atoms. The van der Waals surface area contributed by atoms with Crippen LogP contribution in [0.1, 0.15) is 10.4 Å². The summed E-state index contributed by atoms with van der Waals surface area (Å²) in [7, 11) is 0. The van der Waals surface area contributed by atoms with E-state index in [2.05, 4.69) is 10.2 Å². The van der Waals surface area contributed by atoms with Crippen molar-refractivity contribution in [2.24, 2.45) is 0 Å². The van der Waals surface area contributed by atoms with Crippen LogP contribution < -0.4 is 10.8 Å². The predicted molar refractivity (Wildman–Crippen MR) is 65.3 cm³/mol. The lowest BCUT2D eigenvalue weighted by Gasteiger charge is -2.17. The lowest BCUT2D eigenvalue weighted by molar-refractivity contribution is -0.184. The topological polar surface area (TPSA) is 67.4 Å². The molecule has 2 N–H and O–H groups in total. The van der Waals surface area contributed by atoms with Crippen molar-refractivity contribution in [3.63, 3.8) is 0 Å². The molecule has 2 rings (SSSR count). The van der Waals surface area contributed by atoms with E-state index in [0.717, 1.165) is 4.90 Å². The average Bonchev–Trinajstić information content (AvgIpc) is 2.36. The molecule has 1 heterocycles. The Kier molecular flexibility index (Phi) is 4.19. The van der Waals surface area contributed by atoms with Crippen molar-refractivity contribution in [3.8, 4) is 0 Å². The fourth-order valence-corrected chi connectivity index (χ4v) is 2.26. The van der Waals surface area contributed by atoms with Gasteiger partial charge >= 0.3 is 6.18 Å². The molecule has 1 aromatic rings. The van der Waals surface area contributed by atoms with Crippen LogP contribution in [0.15, 0.2) is 23.1 Å². The normalized spacial score (nSPS) is 14.4. The molecule has 0 saturated heterocycles. The van der Waals surface area contributed by atoms with Gasteiger partial charge in [-0.05, 0) is 18.2 Å². The number of hydroxylamine groups is 1. The molecule has 2 amide bonds. The number of amides is 2. The third-order valence-electron chi connectivity index (χ3n) is 2.28. The van der Waals surface area contributed by atoms with Crippen molar-refractivity contribution >= 4 is 29.3 Å². The molecule has 1 aliphatic rings. The minimum Gasteiger partial charge on any atom is -0.324 e. The van der Waals surface area contributed by atoms with Crippen LogP contribution >= 0.6 is 11.8 Å². The monoisotopic (exact) mass is 306 g/mol. The van der Waals surface area contributed by atoms with Gasteiger partial charge in [-0.3, -0.25) is 14.4 Å². The van der Waals surface area contributed by atoms with Crippen molar-refractivity contribution in [2.75, 3.05) is 17.7 Å². The number of rotatable bonds is 3. The summed E-state index contributed by atoms with van der Waals surface area (Å²) in [6.45, 7) is -1.57. The van der Waals surface area contributed by atoms with E-state index in [1.54, 1.807) is 11.5 Å². The van der Waals surface area contributed by atoms with Crippen LogP contribution in [0.3, 0.4) is 0 Å². The summed E-state index contributed by atoms with van der Waals surface area (Å²) in [5.74, 6) is -0.733. The predicted octanol–water partition coefficient (Wildman–Crippen LogP) is 1.95. The maximum absolute atomic E-state index is 11.9. The molecule has 0 aromatic heterocycles. The number of nitrogens with one attached hydrogen (secondary N) is 2. The van der Waals surface area contributed by atoms with Gasteiger partial charge in [0, 0.05) is 10.5 Å². The van der Waals surface area contributed by atoms with Crippen molar-refractivity contribution in [1.29, 1.82) is 0 Å². The first-order valence-corrected chi connectivity index (χ1v) is 6.39. The van der Waals surface area contributed by atoms with Gasteiger partial charge in [0.1, 0.15) is 0 Å². The largest absolute Gasteiger partial charge is 0.414 e. The molecule has 1 aliphatic heterocycles. The second kappa shape index (κ2) is 5.71. The SMILES string of the molecule is O=C1CSc2ccc(C(=O)NOCC(F)(F)F)cc2N1. The van der Waals surface area contributed by atoms with Gasteiger partial charge in [0.25, 0.3) is 5.91 Å². The van der Waals surface area contributed by atoms with Crippen LogP contribution in [0.25, 0.3) is 0 Å². The number of carbonyl (C=O) groups excluding carboxylic acids is 2. The molecule has 0 fully saturated rings. The van der Waals surface area contributed by atoms with E-state index >= 15 is 0 Å². The number of hydrogen-bond acceptors (Lipinski definition) is 4. The van der Waals surface area contributed by atoms with Gasteiger partial charge in [-0.15, -0.1) is 11.8 Å². The Morgan fingerprint density at radius 2 is 2.20 bits per heavy atom. The summed E-state index contributed by atoms with van der Waals surface area (Å²) >= 11 is 1.31. The molecular formula is C11H9F3N2O3S. The number of carbonyl (C=O) groups is 2. The molecule has 108 valence electrons. The summed E-state index contributed by atoms with van der Waals surface area (Å²) in [6.07, 6.45) is -4.52. The number of anilines is 1. The fraction of sp³-hybridized carbons (Fsp3) is 0.273. The van der Waals surface area contributed by atoms with Crippen LogP contribution in [0, 0.1) is 0 Å². The van der Waals surface area contributed by atoms with Gasteiger partial charge in [-0.25, -0.2) is 5.48 Å². The van der Waals surface area contributed by atoms with E-state index in [4.69, 9.17) is 0 Å². The van der Waals surface area contributed by atoms with E-state index in [0.29, 0.717) is 5.69 Å². The summed E-state index contributed by atoms with van der Waals surface area (Å²) in [5, 5.41) is 2.57. The van der Waals surface area contributed by atoms with Gasteiger partial charge in [-0.1, -0.05) is 0 Å². The van der Waals surface area contributed by atoms with Gasteiger partial charge in [-0.2, -0.15) is 13.2 Å². The van der Waals surface area contributed by atoms with E-state index in [9.17, 15) is 22.8 Å². The van der Waals surface area contributed by atoms with Crippen molar-refractivity contribution in [2.45, 2.75) is 11.1 Å². The molecule has 5 nitrogen and oxygen atoms in total. The third-order valence-corrected chi connectivity index (χ3v) is 3.35. The number of benzene rings is 1. The van der Waals surface area contributed by atoms with Gasteiger partial charge < -0.3 is 5.32 Å². The number of alkyl halides is 3. The highest BCUT2D eigenvalue weighted by atomic mass is 32.2. The Hall–Kier alpha value is -1.74. The van der Waals surface area contributed by atoms with Crippen molar-refractivity contribution < 1.29 is 27.6 Å². The highest BCUT2D eigenvalue weighted by Crippen LogP contribution is 2.31. The second-order valence-electron chi connectivity index (χ2n) is 3.88. The molecule has 0 unspecified atom stereocenters. The highest BCUT2D eigenvalue weighted by Gasteiger charge is 2.28. The number of fused-ring (bicyclic) bond motifs is 1. The van der Waals surface area contributed by atoms with E-state index in [-0.39, 0.29) is 17.2 Å². The summed E-state index contributed by atoms with van der Waals surface area (Å²) in [6, 6.07) is 4.43. The number of thioether (sulfide) groups is 1. The third kappa shape index (κ3) is 3.87. The lowest BCUT2D eigenvalue weighted by Crippen LogP contribution is -2.29. The number of hydrogen-bond donors (Lipinski definition) is 2. The fourth-order valence-electron chi connectivity index (χ4n) is 1.47. The Morgan fingerprint density at radius 3 is 2.90 bits per heavy atom. The molecular weight excluding hydrogens is 297 g/mol. The Labute approximate surface area is 115 Å². The average molecular weight is 306 g/mol. The molecule has 0 saturated carbocycles. The quantitative estimate of drug-likeness (QED) is 0.838. The second-order valence-corrected chi connectivity index (χ2v) is 4.90. The van der Waals surface area contributed by atoms with Crippen LogP contribution in [0.5, 0.6) is 0 Å². The van der Waals surface area contributed by atoms with E-state index in [1.165, 1.54) is 23.9 Å². The minimum atomic E-state index is -4.52. The Morgan fingerprint density at radius 1 is 1.45 bits per heavy atom. The first-order chi connectivity index (χ1) is 9.35. The smallest absolute Gasteiger partial charge is 0.324 e. The molecule has 20 heavy (non-hydrogen) atoms. The van der Waals surface area contributed by atoms with Crippen molar-refractivity contribution in [3.05, 3.63) is 23.8 Å². The van der Waals surface area contributed by atoms with Crippen LogP contribution in [0.4, 0.5) is 18.9 Å². The zero-order valence-electron chi connectivity index (χ0n) is 9.91. The highest BCUT2D eigenvalue weighted by molar-refractivity contribution is 8.00. The number of halogens is 3. The first kappa shape index (κ1) is 14.7. The zero-order valence-corrected chi connectivity index (χ0v) is 10.7. The molecule has 0 spiro atoms. The van der Waals surface area contributed by atoms with Gasteiger partial charge in [0.2, 0.25) is 5.91 Å². The maximum Gasteiger partial charge on any atom is 0.414 e. The Bertz CT molecular complexity index is 548. The van der Waals surface area contributed by atoms with Crippen LogP contribution in [-0.4, -0.2) is 30.4 Å². The lowest BCUT2D eigenvalue weighted by atomic mass is 10.2. The van der Waals surface area contributed by atoms with E-state index < -0.39 is 18.7 Å². The van der Waals surface area contributed by atoms with Gasteiger partial charge in [0.05, 0.1) is 11.4 Å². The first-order valence-electron chi connectivity index (χ1n) is 5.41. The molecule has 0 aliphatic carbocycles. The van der Waals surface area contributed by atoms with E-state index in [1.807, 2.05) is 0 Å². The molecule has 0 atom stereocenters. The van der Waals surface area contributed by atoms with Crippen LogP contribution in [0.2, 0.25) is 0 Å². The minimum absolute atomic E-state index is 0.0914. The summed E-state index contributed by atoms with van der Waals surface area (Å²) < 4.78 is 35.6. The Balaban J connectivity index is 2.00. The van der Waals surface area contributed by atoms with Crippen LogP contribution in [-0.2, 0) is 9.63 Å². The molecule has 9 heteroatoms. The molecule has 1 aromatic carbocycles. The zero-order chi connectivity index (χ0) is 14.8. The summed E-state index contributed by atoms with van der Waals surface area (Å²) in [5.41, 5.74) is 2.24. The standard InChI is InChI=1S/C11H9F3N2O3S/c12-11(13,14)5-19-16-10(18)6-1-2-8-7(3-6)15-9(17)4-20-8/h1-3H,4-5H2,(H,15,17)(H,16,18). The maximum atomic E-state index is 11.9. The van der Waals surface area contributed by atoms with Crippen molar-refractivity contribution in [1.82, 2.24) is 5.48 Å².